The summed E-state index contributed by atoms with van der Waals surface area (Å²) in [5, 5.41) is 3.18. The first kappa shape index (κ1) is 11.7. The SMILES string of the molecule is CCNc1cn2ccnc2c(OC(C)CC)n1. The Labute approximate surface area is 101 Å². The molecule has 1 N–H and O–H groups in total. The molecule has 2 aromatic rings. The van der Waals surface area contributed by atoms with Crippen molar-refractivity contribution in [3.8, 4) is 5.88 Å². The van der Waals surface area contributed by atoms with Gasteiger partial charge in [-0.2, -0.15) is 4.98 Å². The minimum atomic E-state index is 0.139. The van der Waals surface area contributed by atoms with Crippen LogP contribution in [0.4, 0.5) is 5.82 Å². The number of fused-ring (bicyclic) bond motifs is 1. The van der Waals surface area contributed by atoms with E-state index >= 15 is 0 Å². The highest BCUT2D eigenvalue weighted by atomic mass is 16.5. The van der Waals surface area contributed by atoms with Crippen LogP contribution in [0, 0.1) is 0 Å². The summed E-state index contributed by atoms with van der Waals surface area (Å²) in [6, 6.07) is 0. The molecule has 5 nitrogen and oxygen atoms in total. The van der Waals surface area contributed by atoms with Crippen molar-refractivity contribution in [2.24, 2.45) is 0 Å². The van der Waals surface area contributed by atoms with Gasteiger partial charge in [0.1, 0.15) is 5.82 Å². The molecule has 0 amide bonds. The predicted octanol–water partition coefficient (Wildman–Crippen LogP) is 2.34. The molecule has 0 radical (unpaired) electrons. The summed E-state index contributed by atoms with van der Waals surface area (Å²) >= 11 is 0. The first-order valence-corrected chi connectivity index (χ1v) is 5.98. The van der Waals surface area contributed by atoms with E-state index in [0.29, 0.717) is 5.88 Å². The molecule has 0 fully saturated rings. The van der Waals surface area contributed by atoms with Gasteiger partial charge in [0.25, 0.3) is 5.88 Å². The Balaban J connectivity index is 2.39. The lowest BCUT2D eigenvalue weighted by atomic mass is 10.3. The average molecular weight is 234 g/mol. The molecule has 17 heavy (non-hydrogen) atoms. The van der Waals surface area contributed by atoms with Crippen LogP contribution in [0.15, 0.2) is 18.6 Å². The Kier molecular flexibility index (Phi) is 3.46. The van der Waals surface area contributed by atoms with Gasteiger partial charge in [0, 0.05) is 18.9 Å². The molecule has 0 aliphatic heterocycles. The monoisotopic (exact) mass is 234 g/mol. The predicted molar refractivity (Wildman–Crippen MR) is 67.5 cm³/mol. The zero-order chi connectivity index (χ0) is 12.3. The fourth-order valence-electron chi connectivity index (χ4n) is 1.52. The summed E-state index contributed by atoms with van der Waals surface area (Å²) in [6.45, 7) is 6.98. The lowest BCUT2D eigenvalue weighted by molar-refractivity contribution is 0.210. The third kappa shape index (κ3) is 2.49. The molecule has 2 heterocycles. The Morgan fingerprint density at radius 3 is 3.00 bits per heavy atom. The van der Waals surface area contributed by atoms with Gasteiger partial charge in [-0.15, -0.1) is 0 Å². The van der Waals surface area contributed by atoms with Crippen molar-refractivity contribution < 1.29 is 4.74 Å². The standard InChI is InChI=1S/C12H18N4O/c1-4-9(3)17-12-11-14-6-7-16(11)8-10(15-12)13-5-2/h6-9,13H,4-5H2,1-3H3. The van der Waals surface area contributed by atoms with E-state index in [1.54, 1.807) is 6.20 Å². The van der Waals surface area contributed by atoms with E-state index in [4.69, 9.17) is 4.74 Å². The Bertz CT molecular complexity index is 494. The fourth-order valence-corrected chi connectivity index (χ4v) is 1.52. The van der Waals surface area contributed by atoms with E-state index in [-0.39, 0.29) is 6.10 Å². The van der Waals surface area contributed by atoms with E-state index < -0.39 is 0 Å². The third-order valence-corrected chi connectivity index (χ3v) is 2.59. The normalized spacial score (nSPS) is 12.6. The number of imidazole rings is 1. The molecule has 1 atom stereocenters. The molecule has 0 saturated carbocycles. The van der Waals surface area contributed by atoms with Crippen LogP contribution >= 0.6 is 0 Å². The number of ether oxygens (including phenoxy) is 1. The maximum atomic E-state index is 5.79. The largest absolute Gasteiger partial charge is 0.472 e. The van der Waals surface area contributed by atoms with Crippen LogP contribution in [0.1, 0.15) is 27.2 Å². The van der Waals surface area contributed by atoms with Crippen LogP contribution in [0.5, 0.6) is 5.88 Å². The molecule has 0 aliphatic rings. The fraction of sp³-hybridized carbons (Fsp3) is 0.500. The molecule has 0 aromatic carbocycles. The highest BCUT2D eigenvalue weighted by molar-refractivity contribution is 5.53. The van der Waals surface area contributed by atoms with Gasteiger partial charge in [0.15, 0.2) is 0 Å². The lowest BCUT2D eigenvalue weighted by Crippen LogP contribution is -2.13. The van der Waals surface area contributed by atoms with Crippen molar-refractivity contribution in [1.29, 1.82) is 0 Å². The van der Waals surface area contributed by atoms with Crippen molar-refractivity contribution >= 4 is 11.5 Å². The van der Waals surface area contributed by atoms with Gasteiger partial charge in [0.05, 0.1) is 12.3 Å². The molecule has 5 heteroatoms. The van der Waals surface area contributed by atoms with Crippen molar-refractivity contribution in [2.75, 3.05) is 11.9 Å². The molecule has 92 valence electrons. The maximum Gasteiger partial charge on any atom is 0.260 e. The zero-order valence-electron chi connectivity index (χ0n) is 10.5. The minimum absolute atomic E-state index is 0.139. The molecular weight excluding hydrogens is 216 g/mol. The summed E-state index contributed by atoms with van der Waals surface area (Å²) in [5.74, 6) is 1.39. The first-order chi connectivity index (χ1) is 8.24. The van der Waals surface area contributed by atoms with Gasteiger partial charge in [-0.05, 0) is 20.3 Å². The zero-order valence-corrected chi connectivity index (χ0v) is 10.5. The second-order valence-electron chi connectivity index (χ2n) is 3.96. The molecule has 1 unspecified atom stereocenters. The molecule has 2 rings (SSSR count). The van der Waals surface area contributed by atoms with Crippen LogP contribution in [0.25, 0.3) is 5.65 Å². The smallest absolute Gasteiger partial charge is 0.260 e. The Hall–Kier alpha value is -1.78. The van der Waals surface area contributed by atoms with Crippen molar-refractivity contribution in [2.45, 2.75) is 33.3 Å². The van der Waals surface area contributed by atoms with Crippen LogP contribution in [-0.4, -0.2) is 27.0 Å². The molecule has 0 bridgehead atoms. The van der Waals surface area contributed by atoms with Crippen molar-refractivity contribution in [3.63, 3.8) is 0 Å². The summed E-state index contributed by atoms with van der Waals surface area (Å²) in [4.78, 5) is 8.69. The number of hydrogen-bond donors (Lipinski definition) is 1. The van der Waals surface area contributed by atoms with E-state index in [1.807, 2.05) is 30.6 Å². The first-order valence-electron chi connectivity index (χ1n) is 5.98. The molecule has 0 saturated heterocycles. The van der Waals surface area contributed by atoms with Gasteiger partial charge in [-0.25, -0.2) is 4.98 Å². The Morgan fingerprint density at radius 2 is 2.29 bits per heavy atom. The highest BCUT2D eigenvalue weighted by Gasteiger charge is 2.11. The molecule has 0 spiro atoms. The number of aromatic nitrogens is 3. The van der Waals surface area contributed by atoms with E-state index in [1.165, 1.54) is 0 Å². The topological polar surface area (TPSA) is 51.5 Å². The average Bonchev–Trinajstić information content (AvgIpc) is 2.77. The van der Waals surface area contributed by atoms with E-state index in [0.717, 1.165) is 24.4 Å². The number of anilines is 1. The summed E-state index contributed by atoms with van der Waals surface area (Å²) < 4.78 is 7.71. The second kappa shape index (κ2) is 5.03. The highest BCUT2D eigenvalue weighted by Crippen LogP contribution is 2.20. The van der Waals surface area contributed by atoms with Crippen LogP contribution in [-0.2, 0) is 0 Å². The third-order valence-electron chi connectivity index (χ3n) is 2.59. The van der Waals surface area contributed by atoms with Crippen molar-refractivity contribution in [1.82, 2.24) is 14.4 Å². The van der Waals surface area contributed by atoms with Crippen molar-refractivity contribution in [3.05, 3.63) is 18.6 Å². The van der Waals surface area contributed by atoms with Gasteiger partial charge in [-0.1, -0.05) is 6.92 Å². The van der Waals surface area contributed by atoms with Crippen LogP contribution < -0.4 is 10.1 Å². The quantitative estimate of drug-likeness (QED) is 0.862. The summed E-state index contributed by atoms with van der Waals surface area (Å²) in [7, 11) is 0. The summed E-state index contributed by atoms with van der Waals surface area (Å²) in [6.07, 6.45) is 6.63. The lowest BCUT2D eigenvalue weighted by Gasteiger charge is -2.13. The number of hydrogen-bond acceptors (Lipinski definition) is 4. The Morgan fingerprint density at radius 1 is 1.47 bits per heavy atom. The van der Waals surface area contributed by atoms with Gasteiger partial charge >= 0.3 is 0 Å². The van der Waals surface area contributed by atoms with Crippen LogP contribution in [0.2, 0.25) is 0 Å². The maximum absolute atomic E-state index is 5.79. The van der Waals surface area contributed by atoms with Gasteiger partial charge in [0.2, 0.25) is 5.65 Å². The second-order valence-corrected chi connectivity index (χ2v) is 3.96. The number of rotatable bonds is 5. The molecule has 0 aliphatic carbocycles. The summed E-state index contributed by atoms with van der Waals surface area (Å²) in [5.41, 5.74) is 0.756. The number of nitrogens with zero attached hydrogens (tertiary/aromatic N) is 3. The minimum Gasteiger partial charge on any atom is -0.472 e. The van der Waals surface area contributed by atoms with Gasteiger partial charge < -0.3 is 10.1 Å². The molecule has 2 aromatic heterocycles. The number of nitrogens with one attached hydrogen (secondary N) is 1. The molecular formula is C12H18N4O. The van der Waals surface area contributed by atoms with Crippen LogP contribution in [0.3, 0.4) is 0 Å². The van der Waals surface area contributed by atoms with Gasteiger partial charge in [-0.3, -0.25) is 4.40 Å². The van der Waals surface area contributed by atoms with E-state index in [9.17, 15) is 0 Å². The van der Waals surface area contributed by atoms with E-state index in [2.05, 4.69) is 22.2 Å².